The molecule has 4 rings (SSSR count). The number of esters is 1. The number of ether oxygens (including phenoxy) is 1. The van der Waals surface area contributed by atoms with E-state index in [-0.39, 0.29) is 35.9 Å². The van der Waals surface area contributed by atoms with Crippen LogP contribution in [0.3, 0.4) is 0 Å². The second-order valence-electron chi connectivity index (χ2n) is 9.80. The molecule has 3 heterocycles. The number of amides is 3. The zero-order valence-corrected chi connectivity index (χ0v) is 21.8. The van der Waals surface area contributed by atoms with Crippen molar-refractivity contribution >= 4 is 23.7 Å². The van der Waals surface area contributed by atoms with Crippen molar-refractivity contribution in [2.45, 2.75) is 46.2 Å². The predicted molar refractivity (Wildman–Crippen MR) is 136 cm³/mol. The Hall–Kier alpha value is -3.69. The van der Waals surface area contributed by atoms with E-state index in [1.54, 1.807) is 28.5 Å². The van der Waals surface area contributed by atoms with Gasteiger partial charge in [0.25, 0.3) is 11.8 Å². The van der Waals surface area contributed by atoms with E-state index in [0.29, 0.717) is 57.9 Å². The van der Waals surface area contributed by atoms with E-state index >= 15 is 0 Å². The fourth-order valence-corrected chi connectivity index (χ4v) is 4.95. The summed E-state index contributed by atoms with van der Waals surface area (Å²) >= 11 is 0. The van der Waals surface area contributed by atoms with Gasteiger partial charge in [-0.3, -0.25) is 23.9 Å². The van der Waals surface area contributed by atoms with Gasteiger partial charge in [0, 0.05) is 45.8 Å². The van der Waals surface area contributed by atoms with E-state index in [2.05, 4.69) is 11.2 Å². The van der Waals surface area contributed by atoms with Crippen LogP contribution in [0.1, 0.15) is 58.3 Å². The number of likely N-dealkylation sites (N-methyl/N-ethyl adjacent to an activating group) is 1. The van der Waals surface area contributed by atoms with Gasteiger partial charge in [-0.05, 0) is 38.7 Å². The number of benzene rings is 1. The monoisotopic (exact) mass is 509 g/mol. The molecule has 0 saturated carbocycles. The van der Waals surface area contributed by atoms with Crippen LogP contribution in [0.25, 0.3) is 0 Å². The molecule has 1 aromatic carbocycles. The van der Waals surface area contributed by atoms with Gasteiger partial charge in [0.1, 0.15) is 5.69 Å². The highest BCUT2D eigenvalue weighted by Crippen LogP contribution is 2.20. The molecule has 2 aromatic rings. The van der Waals surface area contributed by atoms with Crippen LogP contribution in [0.2, 0.25) is 0 Å². The second kappa shape index (κ2) is 11.6. The van der Waals surface area contributed by atoms with E-state index < -0.39 is 5.91 Å². The molecule has 0 bridgehead atoms. The smallest absolute Gasteiger partial charge is 0.310 e. The lowest BCUT2D eigenvalue weighted by molar-refractivity contribution is -0.151. The Bertz CT molecular complexity index is 1180. The standard InChI is InChI=1S/C27H35N5O5/c1-4-37-27(36)21-10-6-11-30(17-21)24(33)18-29(3)25(34)22-15-23-26(35)31(12-7-13-32(23)28-22)16-20-9-5-8-19(2)14-20/h5,8-9,14-15,21H,4,6-7,10-13,16-18H2,1-3H3. The third-order valence-corrected chi connectivity index (χ3v) is 6.87. The van der Waals surface area contributed by atoms with Gasteiger partial charge in [0.05, 0.1) is 19.1 Å². The van der Waals surface area contributed by atoms with Crippen molar-refractivity contribution in [2.24, 2.45) is 5.92 Å². The van der Waals surface area contributed by atoms with Gasteiger partial charge in [-0.2, -0.15) is 5.10 Å². The van der Waals surface area contributed by atoms with E-state index in [0.717, 1.165) is 17.5 Å². The van der Waals surface area contributed by atoms with Gasteiger partial charge in [-0.15, -0.1) is 0 Å². The average molecular weight is 510 g/mol. The first kappa shape index (κ1) is 26.4. The zero-order chi connectivity index (χ0) is 26.5. The van der Waals surface area contributed by atoms with Crippen molar-refractivity contribution < 1.29 is 23.9 Å². The molecule has 2 aliphatic heterocycles. The molecule has 1 atom stereocenters. The number of aromatic nitrogens is 2. The zero-order valence-electron chi connectivity index (χ0n) is 21.8. The molecule has 3 amide bonds. The van der Waals surface area contributed by atoms with Crippen molar-refractivity contribution in [1.29, 1.82) is 0 Å². The number of likely N-dealkylation sites (tertiary alicyclic amines) is 1. The molecule has 2 aliphatic rings. The van der Waals surface area contributed by atoms with Gasteiger partial charge in [-0.1, -0.05) is 29.8 Å². The summed E-state index contributed by atoms with van der Waals surface area (Å²) < 4.78 is 6.70. The summed E-state index contributed by atoms with van der Waals surface area (Å²) in [4.78, 5) is 56.1. The third-order valence-electron chi connectivity index (χ3n) is 6.87. The van der Waals surface area contributed by atoms with E-state index in [1.165, 1.54) is 11.0 Å². The van der Waals surface area contributed by atoms with Gasteiger partial charge >= 0.3 is 5.97 Å². The lowest BCUT2D eigenvalue weighted by Crippen LogP contribution is -2.47. The highest BCUT2D eigenvalue weighted by Gasteiger charge is 2.31. The van der Waals surface area contributed by atoms with Crippen LogP contribution in [0.4, 0.5) is 0 Å². The molecule has 1 aromatic heterocycles. The minimum atomic E-state index is -0.425. The third kappa shape index (κ3) is 6.18. The molecule has 10 heteroatoms. The first-order valence-electron chi connectivity index (χ1n) is 12.9. The maximum atomic E-state index is 13.3. The summed E-state index contributed by atoms with van der Waals surface area (Å²) in [7, 11) is 1.55. The van der Waals surface area contributed by atoms with Crippen molar-refractivity contribution in [1.82, 2.24) is 24.5 Å². The number of nitrogens with zero attached hydrogens (tertiary/aromatic N) is 5. The second-order valence-corrected chi connectivity index (χ2v) is 9.80. The van der Waals surface area contributed by atoms with E-state index in [1.807, 2.05) is 25.1 Å². The molecule has 0 aliphatic carbocycles. The maximum absolute atomic E-state index is 13.3. The first-order valence-corrected chi connectivity index (χ1v) is 12.9. The SMILES string of the molecule is CCOC(=O)C1CCCN(C(=O)CN(C)C(=O)c2cc3n(n2)CCCN(Cc2cccc(C)c2)C3=O)C1. The summed E-state index contributed by atoms with van der Waals surface area (Å²) in [6, 6.07) is 9.59. The number of carbonyl (C=O) groups excluding carboxylic acids is 4. The molecule has 37 heavy (non-hydrogen) atoms. The summed E-state index contributed by atoms with van der Waals surface area (Å²) in [5.74, 6) is -1.44. The normalized spacial score (nSPS) is 17.7. The number of carbonyl (C=O) groups is 4. The Morgan fingerprint density at radius 1 is 1.14 bits per heavy atom. The van der Waals surface area contributed by atoms with Crippen LogP contribution in [0, 0.1) is 12.8 Å². The number of piperidine rings is 1. The fraction of sp³-hybridized carbons (Fsp3) is 0.519. The molecule has 0 radical (unpaired) electrons. The number of hydrogen-bond acceptors (Lipinski definition) is 6. The van der Waals surface area contributed by atoms with Crippen LogP contribution in [0.5, 0.6) is 0 Å². The molecule has 1 saturated heterocycles. The van der Waals surface area contributed by atoms with Crippen molar-refractivity contribution in [2.75, 3.05) is 39.8 Å². The Balaban J connectivity index is 1.40. The van der Waals surface area contributed by atoms with Crippen molar-refractivity contribution in [3.05, 3.63) is 52.8 Å². The fourth-order valence-electron chi connectivity index (χ4n) is 4.95. The van der Waals surface area contributed by atoms with Crippen LogP contribution < -0.4 is 0 Å². The van der Waals surface area contributed by atoms with Gasteiger partial charge in [0.2, 0.25) is 5.91 Å². The molecule has 1 unspecified atom stereocenters. The Morgan fingerprint density at radius 2 is 1.95 bits per heavy atom. The molecule has 0 N–H and O–H groups in total. The molecule has 0 spiro atoms. The van der Waals surface area contributed by atoms with Crippen LogP contribution in [-0.4, -0.2) is 88.0 Å². The van der Waals surface area contributed by atoms with E-state index in [9.17, 15) is 19.2 Å². The molecule has 1 fully saturated rings. The van der Waals surface area contributed by atoms with Gasteiger partial charge < -0.3 is 19.4 Å². The lowest BCUT2D eigenvalue weighted by atomic mass is 9.98. The molecule has 198 valence electrons. The quantitative estimate of drug-likeness (QED) is 0.530. The first-order chi connectivity index (χ1) is 17.8. The van der Waals surface area contributed by atoms with Gasteiger partial charge in [0.15, 0.2) is 5.69 Å². The lowest BCUT2D eigenvalue weighted by Gasteiger charge is -2.32. The van der Waals surface area contributed by atoms with Crippen LogP contribution in [0.15, 0.2) is 30.3 Å². The summed E-state index contributed by atoms with van der Waals surface area (Å²) in [6.07, 6.45) is 2.12. The minimum Gasteiger partial charge on any atom is -0.466 e. The highest BCUT2D eigenvalue weighted by atomic mass is 16.5. The number of fused-ring (bicyclic) bond motifs is 1. The van der Waals surface area contributed by atoms with Gasteiger partial charge in [-0.25, -0.2) is 0 Å². The number of aryl methyl sites for hydroxylation is 2. The molecular weight excluding hydrogens is 474 g/mol. The number of hydrogen-bond donors (Lipinski definition) is 0. The molecular formula is C27H35N5O5. The highest BCUT2D eigenvalue weighted by molar-refractivity contribution is 5.99. The van der Waals surface area contributed by atoms with Crippen molar-refractivity contribution in [3.8, 4) is 0 Å². The topological polar surface area (TPSA) is 105 Å². The van der Waals surface area contributed by atoms with E-state index in [4.69, 9.17) is 4.74 Å². The Morgan fingerprint density at radius 3 is 2.70 bits per heavy atom. The largest absolute Gasteiger partial charge is 0.466 e. The maximum Gasteiger partial charge on any atom is 0.310 e. The van der Waals surface area contributed by atoms with Crippen molar-refractivity contribution in [3.63, 3.8) is 0 Å². The summed E-state index contributed by atoms with van der Waals surface area (Å²) in [5, 5.41) is 4.41. The Labute approximate surface area is 217 Å². The van der Waals surface area contributed by atoms with Crippen LogP contribution in [-0.2, 0) is 27.4 Å². The van der Waals surface area contributed by atoms with Crippen LogP contribution >= 0.6 is 0 Å². The number of rotatable bonds is 7. The summed E-state index contributed by atoms with van der Waals surface area (Å²) in [6.45, 7) is 6.42. The Kier molecular flexibility index (Phi) is 8.25. The summed E-state index contributed by atoms with van der Waals surface area (Å²) in [5.41, 5.74) is 2.70. The predicted octanol–water partition coefficient (Wildman–Crippen LogP) is 2.11. The average Bonchev–Trinajstić information content (AvgIpc) is 3.25. The molecule has 10 nitrogen and oxygen atoms in total. The minimum absolute atomic E-state index is 0.135.